The van der Waals surface area contributed by atoms with Crippen molar-refractivity contribution in [2.24, 2.45) is 0 Å². The fraction of sp³-hybridized carbons (Fsp3) is 0.357. The molecule has 2 heterocycles. The summed E-state index contributed by atoms with van der Waals surface area (Å²) in [4.78, 5) is 5.33. The molecule has 0 saturated heterocycles. The molecule has 0 amide bonds. The van der Waals surface area contributed by atoms with Crippen LogP contribution in [0.3, 0.4) is 0 Å². The first-order valence-electron chi connectivity index (χ1n) is 6.10. The number of pyridine rings is 1. The van der Waals surface area contributed by atoms with E-state index in [1.165, 1.54) is 16.0 Å². The highest BCUT2D eigenvalue weighted by molar-refractivity contribution is 7.10. The van der Waals surface area contributed by atoms with E-state index in [-0.39, 0.29) is 6.04 Å². The minimum Gasteiger partial charge on any atom is -0.306 e. The number of thiophene rings is 1. The van der Waals surface area contributed by atoms with Gasteiger partial charge in [-0.1, -0.05) is 18.5 Å². The van der Waals surface area contributed by atoms with E-state index in [2.05, 4.69) is 30.2 Å². The van der Waals surface area contributed by atoms with Gasteiger partial charge in [-0.05, 0) is 48.5 Å². The Hall–Kier alpha value is -0.900. The second-order valence-electron chi connectivity index (χ2n) is 4.25. The van der Waals surface area contributed by atoms with Crippen LogP contribution in [0.2, 0.25) is 5.02 Å². The van der Waals surface area contributed by atoms with Gasteiger partial charge in [-0.25, -0.2) is 0 Å². The zero-order valence-electron chi connectivity index (χ0n) is 10.6. The maximum Gasteiger partial charge on any atom is 0.0689 e. The SMILES string of the molecule is CCCNC(c1ccncc1C)c1sccc1Cl. The number of hydrogen-bond donors (Lipinski definition) is 1. The molecule has 2 aromatic heterocycles. The Labute approximate surface area is 117 Å². The minimum atomic E-state index is 0.167. The predicted octanol–water partition coefficient (Wildman–Crippen LogP) is 4.19. The Morgan fingerprint density at radius 2 is 2.28 bits per heavy atom. The topological polar surface area (TPSA) is 24.9 Å². The third-order valence-electron chi connectivity index (χ3n) is 2.88. The van der Waals surface area contributed by atoms with Gasteiger partial charge in [0.1, 0.15) is 0 Å². The molecule has 2 nitrogen and oxygen atoms in total. The molecule has 0 aromatic carbocycles. The number of rotatable bonds is 5. The lowest BCUT2D eigenvalue weighted by molar-refractivity contribution is 0.603. The van der Waals surface area contributed by atoms with Gasteiger partial charge in [0.05, 0.1) is 11.1 Å². The van der Waals surface area contributed by atoms with E-state index in [9.17, 15) is 0 Å². The molecule has 0 aliphatic heterocycles. The second kappa shape index (κ2) is 6.32. The molecule has 2 rings (SSSR count). The number of nitrogens with zero attached hydrogens (tertiary/aromatic N) is 1. The molecule has 18 heavy (non-hydrogen) atoms. The Morgan fingerprint density at radius 1 is 1.44 bits per heavy atom. The molecule has 0 aliphatic carbocycles. The van der Waals surface area contributed by atoms with Crippen LogP contribution in [0.25, 0.3) is 0 Å². The summed E-state index contributed by atoms with van der Waals surface area (Å²) in [7, 11) is 0. The van der Waals surface area contributed by atoms with Crippen LogP contribution in [-0.2, 0) is 0 Å². The lowest BCUT2D eigenvalue weighted by atomic mass is 10.0. The van der Waals surface area contributed by atoms with Crippen LogP contribution in [-0.4, -0.2) is 11.5 Å². The molecule has 1 N–H and O–H groups in total. The average Bonchev–Trinajstić information content (AvgIpc) is 2.78. The standard InChI is InChI=1S/C14H17ClN2S/c1-3-6-17-13(14-12(15)5-8-18-14)11-4-7-16-9-10(11)2/h4-5,7-9,13,17H,3,6H2,1-2H3. The Balaban J connectivity index is 2.37. The van der Waals surface area contributed by atoms with Gasteiger partial charge in [0.25, 0.3) is 0 Å². The molecule has 0 fully saturated rings. The number of halogens is 1. The number of aryl methyl sites for hydroxylation is 1. The largest absolute Gasteiger partial charge is 0.306 e. The van der Waals surface area contributed by atoms with Crippen molar-refractivity contribution in [3.63, 3.8) is 0 Å². The van der Waals surface area contributed by atoms with Gasteiger partial charge in [-0.2, -0.15) is 0 Å². The van der Waals surface area contributed by atoms with Crippen LogP contribution in [0.4, 0.5) is 0 Å². The summed E-state index contributed by atoms with van der Waals surface area (Å²) < 4.78 is 0. The highest BCUT2D eigenvalue weighted by atomic mass is 35.5. The molecule has 0 radical (unpaired) electrons. The van der Waals surface area contributed by atoms with Crippen molar-refractivity contribution in [2.75, 3.05) is 6.54 Å². The van der Waals surface area contributed by atoms with Crippen molar-refractivity contribution in [1.29, 1.82) is 0 Å². The van der Waals surface area contributed by atoms with E-state index >= 15 is 0 Å². The summed E-state index contributed by atoms with van der Waals surface area (Å²) in [5.74, 6) is 0. The number of nitrogens with one attached hydrogen (secondary N) is 1. The van der Waals surface area contributed by atoms with Crippen LogP contribution < -0.4 is 5.32 Å². The number of hydrogen-bond acceptors (Lipinski definition) is 3. The maximum absolute atomic E-state index is 6.27. The normalized spacial score (nSPS) is 12.6. The van der Waals surface area contributed by atoms with E-state index in [1.54, 1.807) is 11.3 Å². The van der Waals surface area contributed by atoms with E-state index in [4.69, 9.17) is 11.6 Å². The third-order valence-corrected chi connectivity index (χ3v) is 4.30. The Kier molecular flexibility index (Phi) is 4.75. The Morgan fingerprint density at radius 3 is 2.89 bits per heavy atom. The fourth-order valence-electron chi connectivity index (χ4n) is 1.95. The zero-order chi connectivity index (χ0) is 13.0. The van der Waals surface area contributed by atoms with Gasteiger partial charge in [0.15, 0.2) is 0 Å². The van der Waals surface area contributed by atoms with Crippen LogP contribution >= 0.6 is 22.9 Å². The molecule has 2 aromatic rings. The van der Waals surface area contributed by atoms with Crippen molar-refractivity contribution in [1.82, 2.24) is 10.3 Å². The van der Waals surface area contributed by atoms with Gasteiger partial charge < -0.3 is 5.32 Å². The van der Waals surface area contributed by atoms with Gasteiger partial charge in [0.2, 0.25) is 0 Å². The molecule has 0 saturated carbocycles. The summed E-state index contributed by atoms with van der Waals surface area (Å²) in [5, 5.41) is 6.44. The molecule has 1 atom stereocenters. The van der Waals surface area contributed by atoms with Crippen LogP contribution in [0, 0.1) is 6.92 Å². The minimum absolute atomic E-state index is 0.167. The summed E-state index contributed by atoms with van der Waals surface area (Å²) in [6.07, 6.45) is 4.84. The van der Waals surface area contributed by atoms with E-state index in [0.717, 1.165) is 18.0 Å². The maximum atomic E-state index is 6.27. The molecular formula is C14H17ClN2S. The summed E-state index contributed by atoms with van der Waals surface area (Å²) >= 11 is 7.97. The summed E-state index contributed by atoms with van der Waals surface area (Å²) in [5.41, 5.74) is 2.44. The molecule has 1 unspecified atom stereocenters. The molecule has 0 aliphatic rings. The zero-order valence-corrected chi connectivity index (χ0v) is 12.2. The lowest BCUT2D eigenvalue weighted by Crippen LogP contribution is -2.23. The van der Waals surface area contributed by atoms with Crippen LogP contribution in [0.1, 0.15) is 35.4 Å². The summed E-state index contributed by atoms with van der Waals surface area (Å²) in [6.45, 7) is 5.23. The van der Waals surface area contributed by atoms with E-state index in [1.807, 2.05) is 23.8 Å². The highest BCUT2D eigenvalue weighted by Crippen LogP contribution is 2.33. The Bertz CT molecular complexity index is 510. The summed E-state index contributed by atoms with van der Waals surface area (Å²) in [6, 6.07) is 4.19. The van der Waals surface area contributed by atoms with Crippen molar-refractivity contribution in [3.8, 4) is 0 Å². The molecule has 0 spiro atoms. The predicted molar refractivity (Wildman–Crippen MR) is 78.4 cm³/mol. The second-order valence-corrected chi connectivity index (χ2v) is 5.61. The van der Waals surface area contributed by atoms with Crippen molar-refractivity contribution in [3.05, 3.63) is 50.9 Å². The van der Waals surface area contributed by atoms with Crippen LogP contribution in [0.15, 0.2) is 29.9 Å². The number of aromatic nitrogens is 1. The first-order valence-corrected chi connectivity index (χ1v) is 7.36. The van der Waals surface area contributed by atoms with Crippen molar-refractivity contribution < 1.29 is 0 Å². The van der Waals surface area contributed by atoms with E-state index < -0.39 is 0 Å². The molecular weight excluding hydrogens is 264 g/mol. The quantitative estimate of drug-likeness (QED) is 0.888. The fourth-order valence-corrected chi connectivity index (χ4v) is 3.21. The van der Waals surface area contributed by atoms with Gasteiger partial charge in [-0.3, -0.25) is 4.98 Å². The van der Waals surface area contributed by atoms with Crippen LogP contribution in [0.5, 0.6) is 0 Å². The first-order chi connectivity index (χ1) is 8.74. The first kappa shape index (κ1) is 13.5. The van der Waals surface area contributed by atoms with Crippen molar-refractivity contribution >= 4 is 22.9 Å². The molecule has 4 heteroatoms. The van der Waals surface area contributed by atoms with Crippen molar-refractivity contribution in [2.45, 2.75) is 26.3 Å². The lowest BCUT2D eigenvalue weighted by Gasteiger charge is -2.20. The monoisotopic (exact) mass is 280 g/mol. The van der Waals surface area contributed by atoms with Gasteiger partial charge in [-0.15, -0.1) is 11.3 Å². The third kappa shape index (κ3) is 2.91. The molecule has 96 valence electrons. The van der Waals surface area contributed by atoms with Gasteiger partial charge >= 0.3 is 0 Å². The van der Waals surface area contributed by atoms with E-state index in [0.29, 0.717) is 0 Å². The van der Waals surface area contributed by atoms with Gasteiger partial charge in [0, 0.05) is 17.3 Å². The average molecular weight is 281 g/mol. The smallest absolute Gasteiger partial charge is 0.0689 e. The highest BCUT2D eigenvalue weighted by Gasteiger charge is 2.19. The molecule has 0 bridgehead atoms.